The number of nitrogens with zero attached hydrogens (tertiary/aromatic N) is 1. The van der Waals surface area contributed by atoms with Gasteiger partial charge >= 0.3 is 0 Å². The Bertz CT molecular complexity index is 931. The number of hydrogen-bond donors (Lipinski definition) is 2. The molecule has 6 heteroatoms. The number of methoxy groups -OCH3 is 2. The summed E-state index contributed by atoms with van der Waals surface area (Å²) in [6, 6.07) is 13.5. The van der Waals surface area contributed by atoms with E-state index in [-0.39, 0.29) is 5.91 Å². The molecular formula is C20H21N3O3. The molecule has 0 saturated carbocycles. The van der Waals surface area contributed by atoms with E-state index in [0.717, 1.165) is 22.0 Å². The number of H-pyrrole nitrogens is 1. The van der Waals surface area contributed by atoms with Gasteiger partial charge in [0.25, 0.3) is 0 Å². The SMILES string of the molecule is COc1ccc(C=NNC(=O)CCc2c[nH]c3ccccc23)cc1OC. The molecule has 0 unspecified atom stereocenters. The predicted molar refractivity (Wildman–Crippen MR) is 102 cm³/mol. The number of aromatic nitrogens is 1. The largest absolute Gasteiger partial charge is 0.493 e. The Morgan fingerprint density at radius 1 is 1.15 bits per heavy atom. The standard InChI is InChI=1S/C20H21N3O3/c1-25-18-9-7-14(11-19(18)26-2)12-22-23-20(24)10-8-15-13-21-17-6-4-3-5-16(15)17/h3-7,9,11-13,21H,8,10H2,1-2H3,(H,23,24). The number of carbonyl (C=O) groups excluding carboxylic acids is 1. The number of nitrogens with one attached hydrogen (secondary N) is 2. The van der Waals surface area contributed by atoms with Crippen molar-refractivity contribution in [2.75, 3.05) is 14.2 Å². The Labute approximate surface area is 151 Å². The molecule has 1 heterocycles. The fourth-order valence-corrected chi connectivity index (χ4v) is 2.75. The molecule has 0 aliphatic rings. The van der Waals surface area contributed by atoms with Crippen LogP contribution in [0.5, 0.6) is 11.5 Å². The molecule has 26 heavy (non-hydrogen) atoms. The van der Waals surface area contributed by atoms with E-state index in [1.165, 1.54) is 0 Å². The molecule has 0 radical (unpaired) electrons. The van der Waals surface area contributed by atoms with Crippen molar-refractivity contribution in [1.82, 2.24) is 10.4 Å². The summed E-state index contributed by atoms with van der Waals surface area (Å²) in [5.41, 5.74) is 5.56. The van der Waals surface area contributed by atoms with Gasteiger partial charge in [0.15, 0.2) is 11.5 Å². The van der Waals surface area contributed by atoms with Crippen LogP contribution >= 0.6 is 0 Å². The minimum absolute atomic E-state index is 0.132. The summed E-state index contributed by atoms with van der Waals surface area (Å²) in [6.07, 6.45) is 4.54. The Morgan fingerprint density at radius 3 is 2.77 bits per heavy atom. The first kappa shape index (κ1) is 17.5. The van der Waals surface area contributed by atoms with Crippen molar-refractivity contribution in [3.05, 3.63) is 59.8 Å². The zero-order valence-electron chi connectivity index (χ0n) is 14.8. The number of carbonyl (C=O) groups is 1. The molecule has 0 spiro atoms. The van der Waals surface area contributed by atoms with Crippen molar-refractivity contribution >= 4 is 23.0 Å². The first-order chi connectivity index (χ1) is 12.7. The molecule has 1 amide bonds. The molecule has 0 aliphatic heterocycles. The number of amides is 1. The van der Waals surface area contributed by atoms with Gasteiger partial charge in [-0.1, -0.05) is 18.2 Å². The molecule has 6 nitrogen and oxygen atoms in total. The number of benzene rings is 2. The highest BCUT2D eigenvalue weighted by Gasteiger charge is 2.06. The molecule has 0 atom stereocenters. The molecule has 0 fully saturated rings. The van der Waals surface area contributed by atoms with Gasteiger partial charge in [0.05, 0.1) is 20.4 Å². The lowest BCUT2D eigenvalue weighted by molar-refractivity contribution is -0.121. The van der Waals surface area contributed by atoms with E-state index < -0.39 is 0 Å². The van der Waals surface area contributed by atoms with Crippen molar-refractivity contribution in [3.63, 3.8) is 0 Å². The zero-order chi connectivity index (χ0) is 18.4. The summed E-state index contributed by atoms with van der Waals surface area (Å²) < 4.78 is 10.4. The first-order valence-corrected chi connectivity index (χ1v) is 8.30. The number of hydrazone groups is 1. The fourth-order valence-electron chi connectivity index (χ4n) is 2.75. The molecule has 0 bridgehead atoms. The average molecular weight is 351 g/mol. The number of aryl methyl sites for hydroxylation is 1. The molecule has 2 N–H and O–H groups in total. The lowest BCUT2D eigenvalue weighted by Crippen LogP contribution is -2.17. The lowest BCUT2D eigenvalue weighted by atomic mass is 10.1. The number of ether oxygens (including phenoxy) is 2. The summed E-state index contributed by atoms with van der Waals surface area (Å²) in [5, 5.41) is 5.15. The third kappa shape index (κ3) is 4.03. The van der Waals surface area contributed by atoms with Crippen LogP contribution in [0.3, 0.4) is 0 Å². The van der Waals surface area contributed by atoms with Gasteiger partial charge < -0.3 is 14.5 Å². The summed E-state index contributed by atoms with van der Waals surface area (Å²) in [6.45, 7) is 0. The highest BCUT2D eigenvalue weighted by molar-refractivity contribution is 5.85. The van der Waals surface area contributed by atoms with E-state index in [1.807, 2.05) is 36.5 Å². The Hall–Kier alpha value is -3.28. The van der Waals surface area contributed by atoms with Crippen LogP contribution in [0.15, 0.2) is 53.8 Å². The second kappa shape index (κ2) is 8.20. The van der Waals surface area contributed by atoms with Gasteiger partial charge in [0, 0.05) is 23.5 Å². The maximum absolute atomic E-state index is 12.0. The molecule has 3 aromatic rings. The maximum Gasteiger partial charge on any atom is 0.240 e. The second-order valence-electron chi connectivity index (χ2n) is 5.77. The van der Waals surface area contributed by atoms with Gasteiger partial charge in [0.2, 0.25) is 5.91 Å². The van der Waals surface area contributed by atoms with Gasteiger partial charge in [0.1, 0.15) is 0 Å². The van der Waals surface area contributed by atoms with Crippen LogP contribution in [0.1, 0.15) is 17.5 Å². The summed E-state index contributed by atoms with van der Waals surface area (Å²) in [4.78, 5) is 15.2. The number of para-hydroxylation sites is 1. The highest BCUT2D eigenvalue weighted by Crippen LogP contribution is 2.26. The summed E-state index contributed by atoms with van der Waals surface area (Å²) in [5.74, 6) is 1.13. The monoisotopic (exact) mass is 351 g/mol. The molecule has 134 valence electrons. The number of fused-ring (bicyclic) bond motifs is 1. The fraction of sp³-hybridized carbons (Fsp3) is 0.200. The van der Waals surface area contributed by atoms with E-state index in [1.54, 1.807) is 32.6 Å². The number of aromatic amines is 1. The Morgan fingerprint density at radius 2 is 1.96 bits per heavy atom. The van der Waals surface area contributed by atoms with Crippen molar-refractivity contribution in [2.24, 2.45) is 5.10 Å². The van der Waals surface area contributed by atoms with Crippen LogP contribution in [0, 0.1) is 0 Å². The number of rotatable bonds is 7. The van der Waals surface area contributed by atoms with E-state index in [9.17, 15) is 4.79 Å². The summed E-state index contributed by atoms with van der Waals surface area (Å²) >= 11 is 0. The van der Waals surface area contributed by atoms with Crippen LogP contribution in [-0.2, 0) is 11.2 Å². The van der Waals surface area contributed by atoms with Crippen molar-refractivity contribution in [2.45, 2.75) is 12.8 Å². The van der Waals surface area contributed by atoms with E-state index in [0.29, 0.717) is 24.3 Å². The smallest absolute Gasteiger partial charge is 0.240 e. The molecule has 1 aromatic heterocycles. The minimum atomic E-state index is -0.132. The van der Waals surface area contributed by atoms with Crippen LogP contribution < -0.4 is 14.9 Å². The minimum Gasteiger partial charge on any atom is -0.493 e. The van der Waals surface area contributed by atoms with Crippen LogP contribution in [0.25, 0.3) is 10.9 Å². The van der Waals surface area contributed by atoms with Crippen molar-refractivity contribution in [3.8, 4) is 11.5 Å². The van der Waals surface area contributed by atoms with Crippen molar-refractivity contribution in [1.29, 1.82) is 0 Å². The molecular weight excluding hydrogens is 330 g/mol. The third-order valence-electron chi connectivity index (χ3n) is 4.11. The van der Waals surface area contributed by atoms with Crippen molar-refractivity contribution < 1.29 is 14.3 Å². The van der Waals surface area contributed by atoms with Crippen LogP contribution in [0.4, 0.5) is 0 Å². The van der Waals surface area contributed by atoms with E-state index >= 15 is 0 Å². The van der Waals surface area contributed by atoms with Crippen LogP contribution in [-0.4, -0.2) is 31.3 Å². The predicted octanol–water partition coefficient (Wildman–Crippen LogP) is 3.27. The van der Waals surface area contributed by atoms with Gasteiger partial charge in [-0.25, -0.2) is 5.43 Å². The van der Waals surface area contributed by atoms with E-state index in [2.05, 4.69) is 15.5 Å². The second-order valence-corrected chi connectivity index (χ2v) is 5.77. The van der Waals surface area contributed by atoms with Gasteiger partial charge in [-0.2, -0.15) is 5.10 Å². The normalized spacial score (nSPS) is 11.0. The molecule has 0 aliphatic carbocycles. The molecule has 0 saturated heterocycles. The van der Waals surface area contributed by atoms with Gasteiger partial charge in [-0.15, -0.1) is 0 Å². The van der Waals surface area contributed by atoms with E-state index in [4.69, 9.17) is 9.47 Å². The zero-order valence-corrected chi connectivity index (χ0v) is 14.8. The quantitative estimate of drug-likeness (QED) is 0.507. The van der Waals surface area contributed by atoms with Gasteiger partial charge in [-0.3, -0.25) is 4.79 Å². The lowest BCUT2D eigenvalue weighted by Gasteiger charge is -2.07. The summed E-state index contributed by atoms with van der Waals surface area (Å²) in [7, 11) is 3.16. The average Bonchev–Trinajstić information content (AvgIpc) is 3.09. The highest BCUT2D eigenvalue weighted by atomic mass is 16.5. The van der Waals surface area contributed by atoms with Gasteiger partial charge in [-0.05, 0) is 41.8 Å². The maximum atomic E-state index is 12.0. The molecule has 2 aromatic carbocycles. The Balaban J connectivity index is 1.54. The third-order valence-corrected chi connectivity index (χ3v) is 4.11. The Kier molecular flexibility index (Phi) is 5.53. The first-order valence-electron chi connectivity index (χ1n) is 8.30. The van der Waals surface area contributed by atoms with Crippen LogP contribution in [0.2, 0.25) is 0 Å². The molecule has 3 rings (SSSR count). The topological polar surface area (TPSA) is 75.7 Å². The number of hydrogen-bond acceptors (Lipinski definition) is 4.